The average molecular weight is 443 g/mol. The zero-order valence-corrected chi connectivity index (χ0v) is 19.4. The van der Waals surface area contributed by atoms with Gasteiger partial charge in [-0.1, -0.05) is 19.9 Å². The van der Waals surface area contributed by atoms with Gasteiger partial charge in [-0.25, -0.2) is 0 Å². The number of ether oxygens (including phenoxy) is 1. The maximum Gasteiger partial charge on any atom is 0.225 e. The molecule has 1 unspecified atom stereocenters. The van der Waals surface area contributed by atoms with Crippen LogP contribution in [-0.2, 0) is 9.59 Å². The summed E-state index contributed by atoms with van der Waals surface area (Å²) in [4.78, 5) is 31.0. The summed E-state index contributed by atoms with van der Waals surface area (Å²) in [6, 6.07) is 5.51. The van der Waals surface area contributed by atoms with Gasteiger partial charge in [-0.3, -0.25) is 14.6 Å². The number of rotatable bonds is 7. The first kappa shape index (κ1) is 23.8. The number of aryl methyl sites for hydroxylation is 1. The summed E-state index contributed by atoms with van der Waals surface area (Å²) in [5.74, 6) is 0.618. The Labute approximate surface area is 189 Å². The van der Waals surface area contributed by atoms with Crippen molar-refractivity contribution in [1.82, 2.24) is 15.2 Å². The van der Waals surface area contributed by atoms with Gasteiger partial charge >= 0.3 is 0 Å². The van der Waals surface area contributed by atoms with Crippen LogP contribution in [0.25, 0.3) is 10.9 Å². The molecule has 8 heteroatoms. The summed E-state index contributed by atoms with van der Waals surface area (Å²) in [7, 11) is 0. The zero-order chi connectivity index (χ0) is 23.4. The van der Waals surface area contributed by atoms with E-state index in [0.717, 1.165) is 0 Å². The van der Waals surface area contributed by atoms with Crippen LogP contribution in [0.1, 0.15) is 51.0 Å². The number of hydrogen-bond acceptors (Lipinski definition) is 6. The lowest BCUT2D eigenvalue weighted by atomic mass is 9.95. The van der Waals surface area contributed by atoms with Gasteiger partial charge in [-0.15, -0.1) is 0 Å². The van der Waals surface area contributed by atoms with Crippen molar-refractivity contribution in [2.75, 3.05) is 32.0 Å². The van der Waals surface area contributed by atoms with E-state index in [4.69, 9.17) is 10.5 Å². The van der Waals surface area contributed by atoms with E-state index < -0.39 is 6.10 Å². The lowest BCUT2D eigenvalue weighted by Crippen LogP contribution is -2.44. The minimum atomic E-state index is -0.735. The van der Waals surface area contributed by atoms with Crippen LogP contribution in [-0.4, -0.2) is 53.0 Å². The van der Waals surface area contributed by atoms with Crippen molar-refractivity contribution >= 4 is 28.4 Å². The van der Waals surface area contributed by atoms with E-state index in [9.17, 15) is 14.7 Å². The molecule has 8 nitrogen and oxygen atoms in total. The molecule has 0 bridgehead atoms. The van der Waals surface area contributed by atoms with Gasteiger partial charge in [-0.05, 0) is 38.8 Å². The average Bonchev–Trinajstić information content (AvgIpc) is 2.75. The molecule has 1 atom stereocenters. The Morgan fingerprint density at radius 1 is 1.28 bits per heavy atom. The Kier molecular flexibility index (Phi) is 7.56. The number of nitrogens with zero attached hydrogens (tertiary/aromatic N) is 2. The quantitative estimate of drug-likeness (QED) is 0.567. The van der Waals surface area contributed by atoms with E-state index >= 15 is 0 Å². The number of carbonyl (C=O) groups excluding carboxylic acids is 2. The third-order valence-electron chi connectivity index (χ3n) is 5.99. The number of amides is 2. The molecule has 1 aromatic heterocycles. The summed E-state index contributed by atoms with van der Waals surface area (Å²) in [5.41, 5.74) is 8.80. The maximum absolute atomic E-state index is 12.5. The van der Waals surface area contributed by atoms with E-state index in [-0.39, 0.29) is 30.3 Å². The second-order valence-corrected chi connectivity index (χ2v) is 8.74. The van der Waals surface area contributed by atoms with Gasteiger partial charge in [-0.2, -0.15) is 0 Å². The van der Waals surface area contributed by atoms with Crippen LogP contribution in [0.3, 0.4) is 0 Å². The number of nitrogens with two attached hydrogens (primary N) is 1. The first-order valence-corrected chi connectivity index (χ1v) is 11.3. The Morgan fingerprint density at radius 2 is 1.97 bits per heavy atom. The van der Waals surface area contributed by atoms with Crippen LogP contribution in [0.4, 0.5) is 5.69 Å². The van der Waals surface area contributed by atoms with Gasteiger partial charge in [0, 0.05) is 36.2 Å². The molecule has 32 heavy (non-hydrogen) atoms. The normalized spacial score (nSPS) is 15.8. The topological polar surface area (TPSA) is 118 Å². The molecule has 0 radical (unpaired) electrons. The van der Waals surface area contributed by atoms with Crippen molar-refractivity contribution in [2.45, 2.75) is 46.6 Å². The maximum atomic E-state index is 12.5. The van der Waals surface area contributed by atoms with E-state index in [1.54, 1.807) is 6.92 Å². The van der Waals surface area contributed by atoms with Crippen molar-refractivity contribution in [2.24, 2.45) is 11.8 Å². The molecule has 0 aliphatic carbocycles. The van der Waals surface area contributed by atoms with Gasteiger partial charge in [0.05, 0.1) is 29.2 Å². The molecule has 1 aliphatic rings. The van der Waals surface area contributed by atoms with Crippen LogP contribution in [0.2, 0.25) is 0 Å². The van der Waals surface area contributed by atoms with Crippen molar-refractivity contribution in [3.8, 4) is 5.75 Å². The second-order valence-electron chi connectivity index (χ2n) is 8.74. The number of aliphatic hydroxyl groups excluding tert-OH is 1. The van der Waals surface area contributed by atoms with Crippen LogP contribution in [0.5, 0.6) is 5.75 Å². The Bertz CT molecular complexity index is 982. The first-order valence-electron chi connectivity index (χ1n) is 11.3. The molecule has 3 rings (SSSR count). The number of nitrogen functional groups attached to an aromatic ring is 1. The van der Waals surface area contributed by atoms with Crippen LogP contribution >= 0.6 is 0 Å². The van der Waals surface area contributed by atoms with Gasteiger partial charge < -0.3 is 25.8 Å². The number of aliphatic hydroxyl groups is 1. The van der Waals surface area contributed by atoms with Crippen LogP contribution in [0.15, 0.2) is 18.2 Å². The first-order chi connectivity index (χ1) is 15.2. The molecule has 174 valence electrons. The number of benzene rings is 1. The van der Waals surface area contributed by atoms with E-state index in [1.807, 2.05) is 43.9 Å². The van der Waals surface area contributed by atoms with Gasteiger partial charge in [0.25, 0.3) is 0 Å². The summed E-state index contributed by atoms with van der Waals surface area (Å²) in [6.45, 7) is 9.17. The fraction of sp³-hybridized carbons (Fsp3) is 0.542. The lowest BCUT2D eigenvalue weighted by molar-refractivity contribution is -0.138. The van der Waals surface area contributed by atoms with Crippen molar-refractivity contribution < 1.29 is 19.4 Å². The molecule has 0 saturated carbocycles. The lowest BCUT2D eigenvalue weighted by Gasteiger charge is -2.32. The smallest absolute Gasteiger partial charge is 0.225 e. The highest BCUT2D eigenvalue weighted by molar-refractivity contribution is 5.97. The Hall–Kier alpha value is -2.87. The number of nitrogens with one attached hydrogen (secondary N) is 1. The molecule has 1 aliphatic heterocycles. The highest BCUT2D eigenvalue weighted by Crippen LogP contribution is 2.35. The van der Waals surface area contributed by atoms with Crippen molar-refractivity contribution in [3.05, 3.63) is 29.5 Å². The fourth-order valence-electron chi connectivity index (χ4n) is 4.31. The number of anilines is 1. The predicted molar refractivity (Wildman–Crippen MR) is 124 cm³/mol. The minimum Gasteiger partial charge on any atom is -0.491 e. The second kappa shape index (κ2) is 10.2. The number of aromatic nitrogens is 1. The number of likely N-dealkylation sites (tertiary alicyclic amines) is 1. The fourth-order valence-corrected chi connectivity index (χ4v) is 4.31. The predicted octanol–water partition coefficient (Wildman–Crippen LogP) is 2.57. The molecule has 2 heterocycles. The Morgan fingerprint density at radius 3 is 2.59 bits per heavy atom. The number of pyridine rings is 1. The molecule has 4 N–H and O–H groups in total. The SMILES string of the molecule is Cc1nc2cccc(OCCNC(=O)C3CCN(C(=O)C(C)C)CC3)c2c(N)c1C(C)O. The summed E-state index contributed by atoms with van der Waals surface area (Å²) in [6.07, 6.45) is 0.623. The highest BCUT2D eigenvalue weighted by Gasteiger charge is 2.28. The third-order valence-corrected chi connectivity index (χ3v) is 5.99. The molecular weight excluding hydrogens is 408 g/mol. The standard InChI is InChI=1S/C24H34N4O4/c1-14(2)24(31)28-11-8-17(9-12-28)23(30)26-10-13-32-19-7-5-6-18-21(19)22(25)20(16(4)29)15(3)27-18/h5-7,14,16-17,29H,8-13H2,1-4H3,(H2,25,27)(H,26,30). The van der Waals surface area contributed by atoms with Crippen LogP contribution < -0.4 is 15.8 Å². The summed E-state index contributed by atoms with van der Waals surface area (Å²) < 4.78 is 5.92. The monoisotopic (exact) mass is 442 g/mol. The third kappa shape index (κ3) is 5.12. The van der Waals surface area contributed by atoms with E-state index in [2.05, 4.69) is 10.3 Å². The molecule has 1 saturated heterocycles. The molecule has 2 amide bonds. The number of piperidine rings is 1. The van der Waals surface area contributed by atoms with Gasteiger partial charge in [0.2, 0.25) is 11.8 Å². The molecular formula is C24H34N4O4. The van der Waals surface area contributed by atoms with Crippen molar-refractivity contribution in [3.63, 3.8) is 0 Å². The van der Waals surface area contributed by atoms with Gasteiger partial charge in [0.15, 0.2) is 0 Å². The highest BCUT2D eigenvalue weighted by atomic mass is 16.5. The number of carbonyl (C=O) groups is 2. The number of fused-ring (bicyclic) bond motifs is 1. The summed E-state index contributed by atoms with van der Waals surface area (Å²) >= 11 is 0. The van der Waals surface area contributed by atoms with E-state index in [0.29, 0.717) is 66.1 Å². The molecule has 1 aromatic carbocycles. The Balaban J connectivity index is 1.56. The number of hydrogen-bond donors (Lipinski definition) is 3. The minimum absolute atomic E-state index is 0.00337. The molecule has 1 fully saturated rings. The molecule has 2 aromatic rings. The van der Waals surface area contributed by atoms with E-state index in [1.165, 1.54) is 0 Å². The zero-order valence-electron chi connectivity index (χ0n) is 19.4. The summed E-state index contributed by atoms with van der Waals surface area (Å²) in [5, 5.41) is 13.7. The molecule has 0 spiro atoms. The van der Waals surface area contributed by atoms with Crippen LogP contribution in [0, 0.1) is 18.8 Å². The largest absolute Gasteiger partial charge is 0.491 e. The van der Waals surface area contributed by atoms with Crippen molar-refractivity contribution in [1.29, 1.82) is 0 Å². The van der Waals surface area contributed by atoms with Gasteiger partial charge in [0.1, 0.15) is 12.4 Å².